The Morgan fingerprint density at radius 3 is 2.27 bits per heavy atom. The van der Waals surface area contributed by atoms with E-state index in [1.807, 2.05) is 41.5 Å². The molecule has 0 spiro atoms. The average molecular weight is 627 g/mol. The summed E-state index contributed by atoms with van der Waals surface area (Å²) < 4.78 is 0. The van der Waals surface area contributed by atoms with Crippen molar-refractivity contribution in [2.24, 2.45) is 17.8 Å². The Bertz CT molecular complexity index is 1440. The Hall–Kier alpha value is -3.47. The van der Waals surface area contributed by atoms with Crippen molar-refractivity contribution < 1.29 is 29.4 Å². The molecule has 11 heteroatoms. The Labute approximate surface area is 264 Å². The van der Waals surface area contributed by atoms with Gasteiger partial charge in [0.25, 0.3) is 0 Å². The van der Waals surface area contributed by atoms with Gasteiger partial charge in [-0.05, 0) is 61.5 Å². The highest BCUT2D eigenvalue weighted by Gasteiger charge is 2.41. The largest absolute Gasteiger partial charge is 0.481 e. The highest BCUT2D eigenvalue weighted by Crippen LogP contribution is 2.37. The molecule has 3 aliphatic rings. The van der Waals surface area contributed by atoms with Gasteiger partial charge in [0, 0.05) is 77.0 Å². The number of carboxylic acids is 2. The van der Waals surface area contributed by atoms with Crippen LogP contribution < -0.4 is 16.0 Å². The number of rotatable bonds is 13. The van der Waals surface area contributed by atoms with Crippen LogP contribution >= 0.6 is 12.6 Å². The van der Waals surface area contributed by atoms with E-state index in [2.05, 4.69) is 39.6 Å². The molecule has 3 aliphatic heterocycles. The molecule has 1 saturated heterocycles. The van der Waals surface area contributed by atoms with Crippen LogP contribution in [0.25, 0.3) is 0 Å². The van der Waals surface area contributed by atoms with Gasteiger partial charge in [-0.2, -0.15) is 12.6 Å². The summed E-state index contributed by atoms with van der Waals surface area (Å²) in [7, 11) is 0. The van der Waals surface area contributed by atoms with Gasteiger partial charge in [-0.25, -0.2) is 0 Å². The summed E-state index contributed by atoms with van der Waals surface area (Å²) in [5, 5.41) is 28.7. The van der Waals surface area contributed by atoms with E-state index in [4.69, 9.17) is 0 Å². The molecule has 1 fully saturated rings. The Morgan fingerprint density at radius 2 is 1.68 bits per heavy atom. The van der Waals surface area contributed by atoms with Crippen LogP contribution in [-0.4, -0.2) is 56.3 Å². The van der Waals surface area contributed by atoms with E-state index in [0.717, 1.165) is 50.6 Å². The summed E-state index contributed by atoms with van der Waals surface area (Å²) in [5.74, 6) is -2.05. The topological polar surface area (TPSA) is 161 Å². The Kier molecular flexibility index (Phi) is 10.4. The Morgan fingerprint density at radius 1 is 1.02 bits per heavy atom. The molecule has 240 valence electrons. The predicted octanol–water partition coefficient (Wildman–Crippen LogP) is 3.96. The molecule has 3 unspecified atom stereocenters. The van der Waals surface area contributed by atoms with Gasteiger partial charge >= 0.3 is 11.9 Å². The predicted molar refractivity (Wildman–Crippen MR) is 171 cm³/mol. The first-order valence-electron chi connectivity index (χ1n) is 15.6. The number of carboxylic acid groups (broad SMARTS) is 2. The van der Waals surface area contributed by atoms with E-state index < -0.39 is 11.9 Å². The van der Waals surface area contributed by atoms with Crippen molar-refractivity contribution in [3.8, 4) is 0 Å². The van der Waals surface area contributed by atoms with E-state index in [1.54, 1.807) is 0 Å². The lowest BCUT2D eigenvalue weighted by Crippen LogP contribution is -2.32. The lowest BCUT2D eigenvalue weighted by molar-refractivity contribution is -0.138. The minimum Gasteiger partial charge on any atom is -0.481 e. The van der Waals surface area contributed by atoms with Crippen LogP contribution in [0.5, 0.6) is 0 Å². The van der Waals surface area contributed by atoms with Gasteiger partial charge in [0.1, 0.15) is 0 Å². The van der Waals surface area contributed by atoms with Gasteiger partial charge in [-0.15, -0.1) is 0 Å². The molecule has 0 aliphatic carbocycles. The molecule has 2 amide bonds. The number of aromatic amines is 1. The molecule has 0 saturated carbocycles. The van der Waals surface area contributed by atoms with Gasteiger partial charge in [0.15, 0.2) is 0 Å². The molecule has 1 aromatic heterocycles. The van der Waals surface area contributed by atoms with Gasteiger partial charge in [0.2, 0.25) is 11.8 Å². The number of amides is 2. The SMILES string of the molecule is CCC1=C(C)C(Cc2[nH]c(CC3=C(CCC(=O)O)C(C)/C(=C/C4NC(=O)[C@H](C)[C@H]4[C@H](C)S)N3)c(CCC(=O)O)c2C)NC1=O. The third-order valence-corrected chi connectivity index (χ3v) is 10.1. The van der Waals surface area contributed by atoms with Crippen LogP contribution in [0.3, 0.4) is 0 Å². The number of H-pyrrole nitrogens is 1. The number of carbonyl (C=O) groups excluding carboxylic acids is 2. The molecular weight excluding hydrogens is 580 g/mol. The zero-order valence-electron chi connectivity index (χ0n) is 26.5. The quantitative estimate of drug-likeness (QED) is 0.163. The summed E-state index contributed by atoms with van der Waals surface area (Å²) in [6, 6.07) is -0.336. The summed E-state index contributed by atoms with van der Waals surface area (Å²) in [6.45, 7) is 11.9. The van der Waals surface area contributed by atoms with Gasteiger partial charge < -0.3 is 31.1 Å². The fraction of sp³-hybridized carbons (Fsp3) is 0.576. The summed E-state index contributed by atoms with van der Waals surface area (Å²) >= 11 is 4.66. The molecule has 0 aromatic carbocycles. The second-order valence-electron chi connectivity index (χ2n) is 12.5. The number of aromatic nitrogens is 1. The van der Waals surface area contributed by atoms with Crippen LogP contribution in [0.1, 0.15) is 82.8 Å². The first-order chi connectivity index (χ1) is 20.7. The van der Waals surface area contributed by atoms with Crippen molar-refractivity contribution in [3.63, 3.8) is 0 Å². The van der Waals surface area contributed by atoms with E-state index in [1.165, 1.54) is 0 Å². The van der Waals surface area contributed by atoms with Crippen molar-refractivity contribution in [3.05, 3.63) is 56.7 Å². The summed E-state index contributed by atoms with van der Waals surface area (Å²) in [4.78, 5) is 51.7. The van der Waals surface area contributed by atoms with Crippen LogP contribution in [0, 0.1) is 24.7 Å². The number of thiol groups is 1. The average Bonchev–Trinajstić information content (AvgIpc) is 3.59. The summed E-state index contributed by atoms with van der Waals surface area (Å²) in [6.07, 6.45) is 4.40. The molecule has 44 heavy (non-hydrogen) atoms. The van der Waals surface area contributed by atoms with E-state index in [0.29, 0.717) is 32.1 Å². The monoisotopic (exact) mass is 626 g/mol. The molecule has 6 N–H and O–H groups in total. The number of hydrogen-bond donors (Lipinski definition) is 7. The first-order valence-corrected chi connectivity index (χ1v) is 16.1. The minimum absolute atomic E-state index is 0.00457. The number of allylic oxidation sites excluding steroid dienone is 2. The highest BCUT2D eigenvalue weighted by atomic mass is 32.1. The van der Waals surface area contributed by atoms with Crippen molar-refractivity contribution in [1.82, 2.24) is 20.9 Å². The molecule has 10 nitrogen and oxygen atoms in total. The normalized spacial score (nSPS) is 26.8. The third-order valence-electron chi connectivity index (χ3n) is 9.76. The maximum Gasteiger partial charge on any atom is 0.303 e. The smallest absolute Gasteiger partial charge is 0.303 e. The highest BCUT2D eigenvalue weighted by molar-refractivity contribution is 7.80. The fourth-order valence-corrected chi connectivity index (χ4v) is 7.60. The lowest BCUT2D eigenvalue weighted by Gasteiger charge is -2.23. The van der Waals surface area contributed by atoms with Crippen molar-refractivity contribution in [2.75, 3.05) is 0 Å². The number of nitrogens with one attached hydrogen (secondary N) is 4. The van der Waals surface area contributed by atoms with Gasteiger partial charge in [-0.1, -0.05) is 27.7 Å². The molecule has 4 heterocycles. The van der Waals surface area contributed by atoms with E-state index in [9.17, 15) is 29.4 Å². The van der Waals surface area contributed by atoms with Crippen molar-refractivity contribution in [1.29, 1.82) is 0 Å². The number of aliphatic carboxylic acids is 2. The van der Waals surface area contributed by atoms with E-state index in [-0.39, 0.29) is 59.7 Å². The maximum absolute atomic E-state index is 12.5. The molecule has 6 atom stereocenters. The fourth-order valence-electron chi connectivity index (χ4n) is 7.16. The second kappa shape index (κ2) is 13.7. The third kappa shape index (κ3) is 6.92. The summed E-state index contributed by atoms with van der Waals surface area (Å²) in [5.41, 5.74) is 8.37. The Balaban J connectivity index is 1.68. The first kappa shape index (κ1) is 33.4. The van der Waals surface area contributed by atoms with Crippen LogP contribution in [0.2, 0.25) is 0 Å². The number of carbonyl (C=O) groups is 4. The zero-order chi connectivity index (χ0) is 32.5. The molecular formula is C33H46N4O6S. The molecule has 1 aromatic rings. The van der Waals surface area contributed by atoms with Gasteiger partial charge in [0.05, 0.1) is 12.1 Å². The van der Waals surface area contributed by atoms with Crippen LogP contribution in [-0.2, 0) is 38.4 Å². The second-order valence-corrected chi connectivity index (χ2v) is 13.3. The standard InChI is InChI=1S/C33H46N4O6S/c1-7-20-15(2)25(36-33(20)43)12-23-16(3)21(8-10-29(38)39)26(34-23)14-27-22(9-11-30(40)41)17(4)24(35-27)13-28-31(19(6)44)18(5)32(42)37-28/h13,17-19,25,28,31,34-35,44H,7-12,14H2,1-6H3,(H,36,43)(H,37,42)(H,38,39)(H,40,41)/b24-13-/t17?,18-,19+,25?,28?,31+/m1/s1. The van der Waals surface area contributed by atoms with Crippen molar-refractivity contribution in [2.45, 2.75) is 104 Å². The van der Waals surface area contributed by atoms with Crippen LogP contribution in [0.4, 0.5) is 0 Å². The number of hydrogen-bond acceptors (Lipinski definition) is 6. The van der Waals surface area contributed by atoms with Gasteiger partial charge in [-0.3, -0.25) is 19.2 Å². The van der Waals surface area contributed by atoms with Crippen molar-refractivity contribution >= 4 is 36.4 Å². The zero-order valence-corrected chi connectivity index (χ0v) is 27.4. The molecule has 0 radical (unpaired) electrons. The maximum atomic E-state index is 12.5. The minimum atomic E-state index is -0.882. The van der Waals surface area contributed by atoms with E-state index >= 15 is 0 Å². The molecule has 4 rings (SSSR count). The molecule has 0 bridgehead atoms. The lowest BCUT2D eigenvalue weighted by atomic mass is 9.87. The van der Waals surface area contributed by atoms with Crippen LogP contribution in [0.15, 0.2) is 34.2 Å².